The van der Waals surface area contributed by atoms with Crippen molar-refractivity contribution in [3.05, 3.63) is 10.5 Å². The quantitative estimate of drug-likeness (QED) is 0.821. The average Bonchev–Trinajstić information content (AvgIpc) is 2.47. The van der Waals surface area contributed by atoms with Crippen LogP contribution in [0.2, 0.25) is 5.15 Å². The van der Waals surface area contributed by atoms with Crippen molar-refractivity contribution in [2.75, 3.05) is 19.0 Å². The van der Waals surface area contributed by atoms with Gasteiger partial charge in [-0.3, -0.25) is 0 Å². The highest BCUT2D eigenvalue weighted by Gasteiger charge is 2.01. The Labute approximate surface area is 80.7 Å². The fourth-order valence-corrected chi connectivity index (χ4v) is 1.50. The summed E-state index contributed by atoms with van der Waals surface area (Å²) in [5, 5.41) is 6.28. The van der Waals surface area contributed by atoms with Crippen molar-refractivity contribution in [3.63, 3.8) is 0 Å². The third-order valence-electron chi connectivity index (χ3n) is 1.42. The molecule has 1 aromatic heterocycles. The third-order valence-corrected chi connectivity index (χ3v) is 2.54. The van der Waals surface area contributed by atoms with Crippen LogP contribution >= 0.6 is 22.9 Å². The van der Waals surface area contributed by atoms with E-state index >= 15 is 0 Å². The smallest absolute Gasteiger partial charge is 0.184 e. The molecule has 0 aliphatic heterocycles. The van der Waals surface area contributed by atoms with E-state index in [0.717, 1.165) is 11.7 Å². The summed E-state index contributed by atoms with van der Waals surface area (Å²) in [6.45, 7) is 2.74. The molecule has 1 aromatic rings. The van der Waals surface area contributed by atoms with Crippen molar-refractivity contribution in [1.29, 1.82) is 0 Å². The molecule has 3 nitrogen and oxygen atoms in total. The minimum Gasteiger partial charge on any atom is -0.380 e. The Balaban J connectivity index is 2.33. The van der Waals surface area contributed by atoms with Crippen LogP contribution in [-0.2, 0) is 4.74 Å². The lowest BCUT2D eigenvalue weighted by Crippen LogP contribution is -2.17. The number of hydrogen-bond acceptors (Lipinski definition) is 4. The second-order valence-electron chi connectivity index (χ2n) is 2.40. The molecule has 0 bridgehead atoms. The van der Waals surface area contributed by atoms with Crippen LogP contribution in [-0.4, -0.2) is 24.7 Å². The zero-order chi connectivity index (χ0) is 8.97. The molecule has 0 saturated heterocycles. The topological polar surface area (TPSA) is 34.1 Å². The van der Waals surface area contributed by atoms with Gasteiger partial charge in [0.25, 0.3) is 0 Å². The van der Waals surface area contributed by atoms with E-state index in [1.54, 1.807) is 12.5 Å². The Morgan fingerprint density at radius 1 is 1.83 bits per heavy atom. The zero-order valence-electron chi connectivity index (χ0n) is 7.00. The Hall–Kier alpha value is -0.320. The molecular formula is C7H11ClN2OS. The van der Waals surface area contributed by atoms with Crippen molar-refractivity contribution in [3.8, 4) is 0 Å². The first-order valence-corrected chi connectivity index (χ1v) is 4.86. The third kappa shape index (κ3) is 2.97. The van der Waals surface area contributed by atoms with E-state index in [0.29, 0.717) is 5.15 Å². The van der Waals surface area contributed by atoms with E-state index in [4.69, 9.17) is 16.3 Å². The van der Waals surface area contributed by atoms with Crippen molar-refractivity contribution < 1.29 is 4.74 Å². The fraction of sp³-hybridized carbons (Fsp3) is 0.571. The average molecular weight is 207 g/mol. The Kier molecular flexibility index (Phi) is 3.78. The lowest BCUT2D eigenvalue weighted by atomic mass is 10.4. The number of methoxy groups -OCH3 is 1. The van der Waals surface area contributed by atoms with Crippen molar-refractivity contribution in [2.45, 2.75) is 13.0 Å². The van der Waals surface area contributed by atoms with Crippen LogP contribution < -0.4 is 5.32 Å². The standard InChI is InChI=1S/C7H11ClN2OS/c1-5(11-2)3-9-7-10-6(8)4-12-7/h4-5H,3H2,1-2H3,(H,9,10). The SMILES string of the molecule is COC(C)CNc1nc(Cl)cs1. The number of halogens is 1. The van der Waals surface area contributed by atoms with Gasteiger partial charge in [-0.05, 0) is 6.92 Å². The molecule has 1 unspecified atom stereocenters. The summed E-state index contributed by atoms with van der Waals surface area (Å²) >= 11 is 7.13. The maximum absolute atomic E-state index is 5.64. The molecule has 0 aromatic carbocycles. The van der Waals surface area contributed by atoms with Crippen molar-refractivity contribution >= 4 is 28.1 Å². The Morgan fingerprint density at radius 3 is 3.08 bits per heavy atom. The summed E-state index contributed by atoms with van der Waals surface area (Å²) in [5.74, 6) is 0. The highest BCUT2D eigenvalue weighted by atomic mass is 35.5. The van der Waals surface area contributed by atoms with Crippen molar-refractivity contribution in [2.24, 2.45) is 0 Å². The Morgan fingerprint density at radius 2 is 2.58 bits per heavy atom. The normalized spacial score (nSPS) is 12.9. The van der Waals surface area contributed by atoms with E-state index in [1.807, 2.05) is 6.92 Å². The first-order chi connectivity index (χ1) is 5.72. The highest BCUT2D eigenvalue weighted by molar-refractivity contribution is 7.14. The molecule has 0 saturated carbocycles. The molecular weight excluding hydrogens is 196 g/mol. The van der Waals surface area contributed by atoms with Gasteiger partial charge >= 0.3 is 0 Å². The van der Waals surface area contributed by atoms with Crippen LogP contribution in [0.4, 0.5) is 5.13 Å². The molecule has 1 heterocycles. The van der Waals surface area contributed by atoms with E-state index < -0.39 is 0 Å². The fourth-order valence-electron chi connectivity index (χ4n) is 0.650. The molecule has 68 valence electrons. The predicted octanol–water partition coefficient (Wildman–Crippen LogP) is 2.24. The lowest BCUT2D eigenvalue weighted by molar-refractivity contribution is 0.129. The first kappa shape index (κ1) is 9.77. The molecule has 0 aliphatic carbocycles. The predicted molar refractivity (Wildman–Crippen MR) is 52.1 cm³/mol. The number of hydrogen-bond donors (Lipinski definition) is 1. The van der Waals surface area contributed by atoms with E-state index in [2.05, 4.69) is 10.3 Å². The summed E-state index contributed by atoms with van der Waals surface area (Å²) in [7, 11) is 1.68. The molecule has 1 rings (SSSR count). The summed E-state index contributed by atoms with van der Waals surface area (Å²) in [6.07, 6.45) is 0.188. The molecule has 0 fully saturated rings. The number of nitrogens with zero attached hydrogens (tertiary/aromatic N) is 1. The molecule has 5 heteroatoms. The van der Waals surface area contributed by atoms with Gasteiger partial charge in [0.05, 0.1) is 6.10 Å². The number of aromatic nitrogens is 1. The first-order valence-electron chi connectivity index (χ1n) is 3.60. The van der Waals surface area contributed by atoms with Gasteiger partial charge in [-0.2, -0.15) is 0 Å². The summed E-state index contributed by atoms with van der Waals surface area (Å²) in [5.41, 5.74) is 0. The van der Waals surface area contributed by atoms with E-state index in [1.165, 1.54) is 11.3 Å². The van der Waals surface area contributed by atoms with Crippen LogP contribution in [0.3, 0.4) is 0 Å². The minimum atomic E-state index is 0.188. The lowest BCUT2D eigenvalue weighted by Gasteiger charge is -2.08. The molecule has 1 N–H and O–H groups in total. The molecule has 0 radical (unpaired) electrons. The van der Waals surface area contributed by atoms with E-state index in [-0.39, 0.29) is 6.10 Å². The molecule has 12 heavy (non-hydrogen) atoms. The molecule has 0 amide bonds. The summed E-state index contributed by atoms with van der Waals surface area (Å²) in [6, 6.07) is 0. The van der Waals surface area contributed by atoms with Crippen LogP contribution in [0, 0.1) is 0 Å². The number of ether oxygens (including phenoxy) is 1. The van der Waals surface area contributed by atoms with Gasteiger partial charge in [0, 0.05) is 19.0 Å². The Bertz CT molecular complexity index is 241. The minimum absolute atomic E-state index is 0.188. The maximum Gasteiger partial charge on any atom is 0.184 e. The van der Waals surface area contributed by atoms with Gasteiger partial charge in [0.2, 0.25) is 0 Å². The molecule has 1 atom stereocenters. The molecule has 0 aliphatic rings. The monoisotopic (exact) mass is 206 g/mol. The van der Waals surface area contributed by atoms with Gasteiger partial charge in [-0.1, -0.05) is 11.6 Å². The largest absolute Gasteiger partial charge is 0.380 e. The second-order valence-corrected chi connectivity index (χ2v) is 3.65. The van der Waals surface area contributed by atoms with Crippen LogP contribution in [0.15, 0.2) is 5.38 Å². The summed E-state index contributed by atoms with van der Waals surface area (Å²) in [4.78, 5) is 4.03. The zero-order valence-corrected chi connectivity index (χ0v) is 8.58. The van der Waals surface area contributed by atoms with Gasteiger partial charge < -0.3 is 10.1 Å². The van der Waals surface area contributed by atoms with Crippen LogP contribution in [0.1, 0.15) is 6.92 Å². The van der Waals surface area contributed by atoms with Crippen LogP contribution in [0.5, 0.6) is 0 Å². The molecule has 0 spiro atoms. The van der Waals surface area contributed by atoms with Gasteiger partial charge in [0.15, 0.2) is 5.13 Å². The maximum atomic E-state index is 5.64. The number of nitrogens with one attached hydrogen (secondary N) is 1. The second kappa shape index (κ2) is 4.64. The van der Waals surface area contributed by atoms with Gasteiger partial charge in [-0.15, -0.1) is 11.3 Å². The van der Waals surface area contributed by atoms with Gasteiger partial charge in [-0.25, -0.2) is 4.98 Å². The van der Waals surface area contributed by atoms with Crippen LogP contribution in [0.25, 0.3) is 0 Å². The number of rotatable bonds is 4. The van der Waals surface area contributed by atoms with Gasteiger partial charge in [0.1, 0.15) is 5.15 Å². The highest BCUT2D eigenvalue weighted by Crippen LogP contribution is 2.18. The number of anilines is 1. The van der Waals surface area contributed by atoms with Crippen molar-refractivity contribution in [1.82, 2.24) is 4.98 Å². The number of thiazole rings is 1. The summed E-state index contributed by atoms with van der Waals surface area (Å²) < 4.78 is 5.06. The van der Waals surface area contributed by atoms with E-state index in [9.17, 15) is 0 Å².